The molecule has 2 heterocycles. The molecule has 0 saturated carbocycles. The summed E-state index contributed by atoms with van der Waals surface area (Å²) in [6.07, 6.45) is 52.1. The van der Waals surface area contributed by atoms with Gasteiger partial charge in [-0.05, 0) is 108 Å². The van der Waals surface area contributed by atoms with E-state index in [9.17, 15) is 24.6 Å². The fraction of sp³-hybridized carbons (Fsp3) is 0.383. The summed E-state index contributed by atoms with van der Waals surface area (Å²) in [6, 6.07) is 12.8. The van der Waals surface area contributed by atoms with Crippen molar-refractivity contribution >= 4 is 17.5 Å². The van der Waals surface area contributed by atoms with Crippen LogP contribution in [-0.4, -0.2) is 27.7 Å². The molecule has 1 spiro atoms. The zero-order chi connectivity index (χ0) is 47.5. The van der Waals surface area contributed by atoms with Gasteiger partial charge in [-0.25, -0.2) is 4.79 Å². The van der Waals surface area contributed by atoms with E-state index < -0.39 is 11.6 Å². The second-order valence-corrected chi connectivity index (χ2v) is 17.2. The molecule has 0 fully saturated rings. The number of benzene rings is 3. The van der Waals surface area contributed by atoms with Gasteiger partial charge in [0.05, 0.1) is 16.7 Å². The Bertz CT molecular complexity index is 2330. The highest BCUT2D eigenvalue weighted by Gasteiger charge is 2.56. The number of ketones is 2. The number of aromatic hydroxyl groups is 2. The third-order valence-electron chi connectivity index (χ3n) is 12.0. The van der Waals surface area contributed by atoms with Gasteiger partial charge in [0.2, 0.25) is 0 Å². The number of ether oxygens (including phenoxy) is 2. The number of carbonyl (C=O) groups excluding carboxylic acids is 3. The highest BCUT2D eigenvalue weighted by Crippen LogP contribution is 2.59. The van der Waals surface area contributed by atoms with Gasteiger partial charge in [-0.2, -0.15) is 0 Å². The number of phenolic OH excluding ortho intramolecular Hbond substituents is 2. The fourth-order valence-corrected chi connectivity index (χ4v) is 8.51. The number of Topliss-reactive ketones (excluding diaryl/α,β-unsaturated/α-hetero) is 2. The Labute approximate surface area is 400 Å². The predicted octanol–water partition coefficient (Wildman–Crippen LogP) is 16.3. The van der Waals surface area contributed by atoms with E-state index in [2.05, 4.69) is 111 Å². The molecule has 2 aliphatic rings. The Hall–Kier alpha value is -6.21. The number of allylic oxidation sites excluding steroid dienone is 16. The van der Waals surface area contributed by atoms with E-state index >= 15 is 0 Å². The second-order valence-electron chi connectivity index (χ2n) is 17.2. The van der Waals surface area contributed by atoms with Crippen LogP contribution in [0, 0.1) is 0 Å². The molecule has 0 amide bonds. The molecule has 2 aliphatic heterocycles. The summed E-state index contributed by atoms with van der Waals surface area (Å²) >= 11 is 0. The third kappa shape index (κ3) is 15.2. The summed E-state index contributed by atoms with van der Waals surface area (Å²) < 4.78 is 12.7. The van der Waals surface area contributed by atoms with E-state index in [-0.39, 0.29) is 64.1 Å². The molecule has 67 heavy (non-hydrogen) atoms. The minimum Gasteiger partial charge on any atom is -0.508 e. The van der Waals surface area contributed by atoms with Crippen LogP contribution in [0.4, 0.5) is 0 Å². The Morgan fingerprint density at radius 2 is 0.985 bits per heavy atom. The number of fused-ring (bicyclic) bond motifs is 6. The molecule has 0 saturated heterocycles. The second kappa shape index (κ2) is 28.7. The predicted molar refractivity (Wildman–Crippen MR) is 273 cm³/mol. The number of esters is 1. The van der Waals surface area contributed by atoms with E-state index in [4.69, 9.17) is 9.47 Å². The lowest BCUT2D eigenvalue weighted by molar-refractivity contribution is 0.0220. The summed E-state index contributed by atoms with van der Waals surface area (Å²) in [5.74, 6) is -1.53. The van der Waals surface area contributed by atoms with Gasteiger partial charge in [0.1, 0.15) is 23.0 Å². The maximum absolute atomic E-state index is 14.7. The molecule has 2 N–H and O–H groups in total. The molecule has 1 atom stereocenters. The first-order chi connectivity index (χ1) is 32.8. The molecule has 7 nitrogen and oxygen atoms in total. The minimum absolute atomic E-state index is 0.00657. The third-order valence-corrected chi connectivity index (χ3v) is 12.0. The molecule has 0 radical (unpaired) electrons. The molecule has 1 unspecified atom stereocenters. The van der Waals surface area contributed by atoms with Crippen molar-refractivity contribution in [3.05, 3.63) is 179 Å². The first-order valence-electron chi connectivity index (χ1n) is 24.8. The lowest BCUT2D eigenvalue weighted by Gasteiger charge is -2.38. The summed E-state index contributed by atoms with van der Waals surface area (Å²) in [6.45, 7) is 4.44. The average molecular weight is 905 g/mol. The molecule has 0 aromatic heterocycles. The van der Waals surface area contributed by atoms with Gasteiger partial charge in [0.15, 0.2) is 17.2 Å². The molecule has 3 aromatic carbocycles. The number of phenols is 2. The van der Waals surface area contributed by atoms with Gasteiger partial charge in [0.25, 0.3) is 0 Å². The standard InChI is InChI=1S/C60H72O7/c1-3-5-7-9-11-13-15-17-19-21-23-25-27-29-31-33-35-41-51(62)56-53(64)46-55-58(60(50-44-43-47(61)45-54(50)66-55)49-40-38-37-39-48(49)59(65)67-60)57(56)52(63)42-36-34-32-30-28-26-24-22-20-18-16-14-12-10-8-6-4-2/h11-14,17-20,23-26,29-32,37-40,43-46,61,64H,3-10,15-16,21-22,27-28,33-36,41-42H2,1-2H3/b13-11-,14-12-,19-17-,20-18-,25-23-,26-24-,31-29-,32-30-. The van der Waals surface area contributed by atoms with E-state index in [0.717, 1.165) is 51.4 Å². The van der Waals surface area contributed by atoms with E-state index in [1.807, 2.05) is 0 Å². The van der Waals surface area contributed by atoms with Crippen molar-refractivity contribution in [2.24, 2.45) is 0 Å². The van der Waals surface area contributed by atoms with Gasteiger partial charge in [-0.3, -0.25) is 9.59 Å². The van der Waals surface area contributed by atoms with Crippen molar-refractivity contribution in [1.29, 1.82) is 0 Å². The Morgan fingerprint density at radius 3 is 1.49 bits per heavy atom. The van der Waals surface area contributed by atoms with Crippen LogP contribution in [-0.2, 0) is 10.3 Å². The number of rotatable bonds is 30. The Morgan fingerprint density at radius 1 is 0.522 bits per heavy atom. The van der Waals surface area contributed by atoms with Crippen molar-refractivity contribution in [1.82, 2.24) is 0 Å². The van der Waals surface area contributed by atoms with Crippen LogP contribution in [0.3, 0.4) is 0 Å². The SMILES string of the molecule is CCCCC/C=C\C/C=C\C/C=C\C/C=C\CCCC(=O)c1c(O)cc2c(c1C(=O)CCC/C=C\C/C=C\C/C=C\C/C=C\CCCCC)C1(OC(=O)c3ccccc31)c1ccc(O)cc1O2. The van der Waals surface area contributed by atoms with Gasteiger partial charge >= 0.3 is 5.97 Å². The minimum atomic E-state index is -1.68. The maximum atomic E-state index is 14.7. The van der Waals surface area contributed by atoms with Crippen molar-refractivity contribution in [2.75, 3.05) is 0 Å². The van der Waals surface area contributed by atoms with Gasteiger partial charge in [-0.15, -0.1) is 0 Å². The van der Waals surface area contributed by atoms with Crippen molar-refractivity contribution in [3.8, 4) is 23.0 Å². The quantitative estimate of drug-likeness (QED) is 0.0297. The molecule has 3 aromatic rings. The van der Waals surface area contributed by atoms with E-state index in [1.165, 1.54) is 56.7 Å². The van der Waals surface area contributed by atoms with Crippen molar-refractivity contribution in [2.45, 2.75) is 148 Å². The topological polar surface area (TPSA) is 110 Å². The van der Waals surface area contributed by atoms with E-state index in [0.29, 0.717) is 42.4 Å². The number of hydrogen-bond donors (Lipinski definition) is 2. The Kier molecular flexibility index (Phi) is 22.2. The number of unbranched alkanes of at least 4 members (excludes halogenated alkanes) is 8. The molecule has 0 bridgehead atoms. The van der Waals surface area contributed by atoms with Crippen LogP contribution in [0.1, 0.15) is 190 Å². The lowest BCUT2D eigenvalue weighted by Crippen LogP contribution is -2.35. The van der Waals surface area contributed by atoms with Gasteiger partial charge in [0, 0.05) is 41.7 Å². The summed E-state index contributed by atoms with van der Waals surface area (Å²) in [7, 11) is 0. The molecule has 0 aliphatic carbocycles. The lowest BCUT2D eigenvalue weighted by atomic mass is 9.73. The smallest absolute Gasteiger partial charge is 0.340 e. The molecule has 354 valence electrons. The number of carbonyl (C=O) groups is 3. The molecular weight excluding hydrogens is 833 g/mol. The van der Waals surface area contributed by atoms with Gasteiger partial charge in [-0.1, -0.05) is 155 Å². The van der Waals surface area contributed by atoms with Crippen molar-refractivity contribution in [3.63, 3.8) is 0 Å². The monoisotopic (exact) mass is 905 g/mol. The highest BCUT2D eigenvalue weighted by atomic mass is 16.6. The van der Waals surface area contributed by atoms with Crippen LogP contribution in [0.5, 0.6) is 23.0 Å². The molecular formula is C60H72O7. The highest BCUT2D eigenvalue weighted by molar-refractivity contribution is 6.13. The van der Waals surface area contributed by atoms with Crippen LogP contribution in [0.25, 0.3) is 0 Å². The zero-order valence-corrected chi connectivity index (χ0v) is 39.9. The summed E-state index contributed by atoms with van der Waals surface area (Å²) in [5.41, 5.74) is -0.387. The maximum Gasteiger partial charge on any atom is 0.340 e. The van der Waals surface area contributed by atoms with E-state index in [1.54, 1.807) is 30.3 Å². The largest absolute Gasteiger partial charge is 0.508 e. The van der Waals surface area contributed by atoms with Crippen LogP contribution >= 0.6 is 0 Å². The fourth-order valence-electron chi connectivity index (χ4n) is 8.51. The normalized spacial score (nSPS) is 15.7. The Balaban J connectivity index is 1.27. The zero-order valence-electron chi connectivity index (χ0n) is 39.9. The molecule has 7 heteroatoms. The van der Waals surface area contributed by atoms with Crippen LogP contribution < -0.4 is 4.74 Å². The number of hydrogen-bond acceptors (Lipinski definition) is 7. The molecule has 5 rings (SSSR count). The first-order valence-corrected chi connectivity index (χ1v) is 24.8. The summed E-state index contributed by atoms with van der Waals surface area (Å²) in [4.78, 5) is 42.7. The van der Waals surface area contributed by atoms with Crippen LogP contribution in [0.15, 0.2) is 146 Å². The van der Waals surface area contributed by atoms with Crippen LogP contribution in [0.2, 0.25) is 0 Å². The van der Waals surface area contributed by atoms with Crippen molar-refractivity contribution < 1.29 is 34.1 Å². The van der Waals surface area contributed by atoms with Gasteiger partial charge < -0.3 is 19.7 Å². The summed E-state index contributed by atoms with van der Waals surface area (Å²) in [5, 5.41) is 22.1. The first kappa shape index (κ1) is 51.8. The average Bonchev–Trinajstić information content (AvgIpc) is 3.61.